The molecule has 8 nitrogen and oxygen atoms in total. The Balaban J connectivity index is 2.03. The molecule has 0 aliphatic rings. The SMILES string of the molecule is [C-]#[N+]c1ccc(-n2nccc2-c2c(C)n(-c3cccc(C(F)(F)F)c3)c(=O)n2S(=O)(=O)CCC)cc1. The second kappa shape index (κ2) is 9.16. The minimum Gasteiger partial charge on any atom is -0.264 e. The number of hydrogen-bond donors (Lipinski definition) is 0. The number of alkyl halides is 3. The van der Waals surface area contributed by atoms with E-state index in [2.05, 4.69) is 9.94 Å². The van der Waals surface area contributed by atoms with Crippen molar-refractivity contribution in [2.45, 2.75) is 26.4 Å². The van der Waals surface area contributed by atoms with Crippen LogP contribution in [0.15, 0.2) is 65.6 Å². The molecule has 36 heavy (non-hydrogen) atoms. The zero-order valence-corrected chi connectivity index (χ0v) is 20.0. The molecule has 2 aromatic carbocycles. The molecule has 0 radical (unpaired) electrons. The molecule has 0 bridgehead atoms. The lowest BCUT2D eigenvalue weighted by molar-refractivity contribution is -0.137. The van der Waals surface area contributed by atoms with E-state index in [1.54, 1.807) is 31.2 Å². The van der Waals surface area contributed by atoms with Crippen LogP contribution < -0.4 is 5.69 Å². The number of imidazole rings is 1. The lowest BCUT2D eigenvalue weighted by Crippen LogP contribution is -2.31. The van der Waals surface area contributed by atoms with Crippen LogP contribution in [0, 0.1) is 13.5 Å². The highest BCUT2D eigenvalue weighted by molar-refractivity contribution is 7.89. The molecular formula is C24H20F3N5O3S. The Kier molecular flexibility index (Phi) is 6.36. The fourth-order valence-corrected chi connectivity index (χ4v) is 5.48. The van der Waals surface area contributed by atoms with Gasteiger partial charge in [-0.2, -0.15) is 22.2 Å². The van der Waals surface area contributed by atoms with Crippen molar-refractivity contribution >= 4 is 15.7 Å². The summed E-state index contributed by atoms with van der Waals surface area (Å²) in [5, 5.41) is 4.26. The van der Waals surface area contributed by atoms with E-state index in [1.807, 2.05) is 0 Å². The maximum Gasteiger partial charge on any atom is 0.416 e. The molecule has 0 saturated carbocycles. The summed E-state index contributed by atoms with van der Waals surface area (Å²) in [5.74, 6) is -0.347. The van der Waals surface area contributed by atoms with E-state index in [1.165, 1.54) is 29.9 Å². The van der Waals surface area contributed by atoms with E-state index in [9.17, 15) is 26.4 Å². The van der Waals surface area contributed by atoms with Crippen molar-refractivity contribution in [3.05, 3.63) is 94.0 Å². The van der Waals surface area contributed by atoms with Crippen LogP contribution in [0.5, 0.6) is 0 Å². The largest absolute Gasteiger partial charge is 0.416 e. The highest BCUT2D eigenvalue weighted by Crippen LogP contribution is 2.32. The lowest BCUT2D eigenvalue weighted by atomic mass is 10.2. The highest BCUT2D eigenvalue weighted by Gasteiger charge is 2.32. The van der Waals surface area contributed by atoms with Gasteiger partial charge in [-0.3, -0.25) is 4.57 Å². The number of aromatic nitrogens is 4. The number of hydrogen-bond acceptors (Lipinski definition) is 4. The summed E-state index contributed by atoms with van der Waals surface area (Å²) in [7, 11) is -4.18. The Morgan fingerprint density at radius 1 is 1.06 bits per heavy atom. The number of benzene rings is 2. The van der Waals surface area contributed by atoms with Gasteiger partial charge in [0.15, 0.2) is 5.69 Å². The van der Waals surface area contributed by atoms with Gasteiger partial charge in [0.05, 0.1) is 46.8 Å². The van der Waals surface area contributed by atoms with Crippen LogP contribution in [0.25, 0.3) is 27.6 Å². The van der Waals surface area contributed by atoms with Crippen LogP contribution in [-0.4, -0.2) is 32.5 Å². The normalized spacial score (nSPS) is 12.0. The quantitative estimate of drug-likeness (QED) is 0.340. The van der Waals surface area contributed by atoms with Crippen LogP contribution in [0.4, 0.5) is 18.9 Å². The summed E-state index contributed by atoms with van der Waals surface area (Å²) in [6.07, 6.45) is -3.01. The molecule has 0 saturated heterocycles. The van der Waals surface area contributed by atoms with Crippen molar-refractivity contribution in [3.63, 3.8) is 0 Å². The minimum absolute atomic E-state index is 0.0161. The van der Waals surface area contributed by atoms with E-state index < -0.39 is 27.5 Å². The van der Waals surface area contributed by atoms with Crippen LogP contribution in [0.1, 0.15) is 24.6 Å². The predicted octanol–water partition coefficient (Wildman–Crippen LogP) is 4.96. The third kappa shape index (κ3) is 4.33. The van der Waals surface area contributed by atoms with Gasteiger partial charge in [0.2, 0.25) is 10.0 Å². The Hall–Kier alpha value is -4.11. The third-order valence-electron chi connectivity index (χ3n) is 5.53. The summed E-state index contributed by atoms with van der Waals surface area (Å²) in [5.41, 5.74) is -0.858. The van der Waals surface area contributed by atoms with Crippen LogP contribution in [0.2, 0.25) is 0 Å². The van der Waals surface area contributed by atoms with Crippen molar-refractivity contribution < 1.29 is 21.6 Å². The Bertz CT molecular complexity index is 1640. The van der Waals surface area contributed by atoms with E-state index in [0.717, 1.165) is 22.8 Å². The molecule has 0 aliphatic heterocycles. The molecule has 2 heterocycles. The number of nitrogens with zero attached hydrogens (tertiary/aromatic N) is 5. The molecule has 4 rings (SSSR count). The van der Waals surface area contributed by atoms with Crippen molar-refractivity contribution in [1.82, 2.24) is 18.3 Å². The molecule has 12 heteroatoms. The molecule has 0 N–H and O–H groups in total. The van der Waals surface area contributed by atoms with Gasteiger partial charge in [0.25, 0.3) is 0 Å². The average molecular weight is 516 g/mol. The first-order valence-corrected chi connectivity index (χ1v) is 12.4. The maximum atomic E-state index is 13.5. The molecule has 0 unspecified atom stereocenters. The molecular weight excluding hydrogens is 495 g/mol. The zero-order valence-electron chi connectivity index (χ0n) is 19.2. The van der Waals surface area contributed by atoms with Crippen molar-refractivity contribution in [3.8, 4) is 22.8 Å². The van der Waals surface area contributed by atoms with Gasteiger partial charge < -0.3 is 0 Å². The van der Waals surface area contributed by atoms with Gasteiger partial charge in [-0.25, -0.2) is 22.7 Å². The Morgan fingerprint density at radius 3 is 2.36 bits per heavy atom. The van der Waals surface area contributed by atoms with Gasteiger partial charge in [-0.15, -0.1) is 0 Å². The molecule has 0 amide bonds. The van der Waals surface area contributed by atoms with Gasteiger partial charge in [0.1, 0.15) is 5.69 Å². The van der Waals surface area contributed by atoms with Gasteiger partial charge in [0, 0.05) is 0 Å². The summed E-state index contributed by atoms with van der Waals surface area (Å²) in [6.45, 7) is 10.2. The molecule has 0 aliphatic carbocycles. The second-order valence-electron chi connectivity index (χ2n) is 7.94. The van der Waals surface area contributed by atoms with Crippen LogP contribution in [-0.2, 0) is 16.2 Å². The molecule has 2 aromatic heterocycles. The molecule has 0 atom stereocenters. The van der Waals surface area contributed by atoms with Crippen molar-refractivity contribution in [1.29, 1.82) is 0 Å². The first kappa shape index (κ1) is 25.0. The van der Waals surface area contributed by atoms with Gasteiger partial charge in [-0.05, 0) is 49.7 Å². The number of rotatable bonds is 6. The second-order valence-corrected chi connectivity index (χ2v) is 9.87. The van der Waals surface area contributed by atoms with Crippen LogP contribution >= 0.6 is 0 Å². The van der Waals surface area contributed by atoms with Gasteiger partial charge >= 0.3 is 11.9 Å². The zero-order chi connectivity index (χ0) is 26.3. The van der Waals surface area contributed by atoms with E-state index in [-0.39, 0.29) is 34.9 Å². The van der Waals surface area contributed by atoms with E-state index in [4.69, 9.17) is 6.57 Å². The van der Waals surface area contributed by atoms with Gasteiger partial charge in [-0.1, -0.05) is 25.1 Å². The maximum absolute atomic E-state index is 13.5. The summed E-state index contributed by atoms with van der Waals surface area (Å²) in [6, 6.07) is 12.0. The average Bonchev–Trinajstić information content (AvgIpc) is 3.40. The summed E-state index contributed by atoms with van der Waals surface area (Å²) < 4.78 is 69.5. The monoisotopic (exact) mass is 515 g/mol. The third-order valence-corrected chi connectivity index (χ3v) is 7.35. The molecule has 0 spiro atoms. The molecule has 0 fully saturated rings. The fourth-order valence-electron chi connectivity index (χ4n) is 3.96. The smallest absolute Gasteiger partial charge is 0.264 e. The predicted molar refractivity (Wildman–Crippen MR) is 128 cm³/mol. The first-order valence-electron chi connectivity index (χ1n) is 10.8. The standard InChI is InChI=1S/C24H20F3N5O3S/c1-4-14-36(34,35)32-22(21-12-13-29-31(21)19-10-8-18(28-3)9-11-19)16(2)30(23(32)33)20-7-5-6-17(15-20)24(25,26)27/h5-13,15H,4,14H2,1-2H3. The first-order chi connectivity index (χ1) is 17.0. The lowest BCUT2D eigenvalue weighted by Gasteiger charge is -2.12. The topological polar surface area (TPSA) is 83.2 Å². The Morgan fingerprint density at radius 2 is 1.75 bits per heavy atom. The minimum atomic E-state index is -4.65. The number of halogens is 3. The fraction of sp³-hybridized carbons (Fsp3) is 0.208. The summed E-state index contributed by atoms with van der Waals surface area (Å²) in [4.78, 5) is 16.9. The van der Waals surface area contributed by atoms with Crippen molar-refractivity contribution in [2.24, 2.45) is 0 Å². The highest BCUT2D eigenvalue weighted by atomic mass is 32.2. The Labute approximate surface area is 204 Å². The molecule has 4 aromatic rings. The van der Waals surface area contributed by atoms with E-state index >= 15 is 0 Å². The van der Waals surface area contributed by atoms with Crippen molar-refractivity contribution in [2.75, 3.05) is 5.75 Å². The summed E-state index contributed by atoms with van der Waals surface area (Å²) >= 11 is 0. The molecule has 186 valence electrons. The van der Waals surface area contributed by atoms with E-state index in [0.29, 0.717) is 15.3 Å². The van der Waals surface area contributed by atoms with Crippen LogP contribution in [0.3, 0.4) is 0 Å².